The predicted octanol–water partition coefficient (Wildman–Crippen LogP) is 4.17. The van der Waals surface area contributed by atoms with E-state index in [1.165, 1.54) is 6.08 Å². The van der Waals surface area contributed by atoms with Crippen LogP contribution in [0.5, 0.6) is 11.5 Å². The molecule has 1 N–H and O–H groups in total. The fraction of sp³-hybridized carbons (Fsp3) is 0.286. The minimum Gasteiger partial charge on any atom is -0.508 e. The second-order valence-corrected chi connectivity index (χ2v) is 10.1. The third-order valence-corrected chi connectivity index (χ3v) is 7.01. The Morgan fingerprint density at radius 1 is 1.19 bits per heavy atom. The molecule has 0 saturated carbocycles. The first-order valence-electron chi connectivity index (χ1n) is 11.8. The molecule has 186 valence electrons. The zero-order chi connectivity index (χ0) is 25.6. The predicted molar refractivity (Wildman–Crippen MR) is 142 cm³/mol. The Kier molecular flexibility index (Phi) is 6.36. The van der Waals surface area contributed by atoms with E-state index >= 15 is 0 Å². The van der Waals surface area contributed by atoms with Gasteiger partial charge in [-0.15, -0.1) is 0 Å². The molecule has 0 spiro atoms. The van der Waals surface area contributed by atoms with E-state index in [1.54, 1.807) is 28.0 Å². The molecule has 0 aromatic heterocycles. The summed E-state index contributed by atoms with van der Waals surface area (Å²) in [5, 5.41) is 12.7. The number of anilines is 1. The summed E-state index contributed by atoms with van der Waals surface area (Å²) in [6.07, 6.45) is 0.638. The first-order valence-corrected chi connectivity index (χ1v) is 12.2. The first kappa shape index (κ1) is 24.2. The van der Waals surface area contributed by atoms with E-state index < -0.39 is 6.10 Å². The summed E-state index contributed by atoms with van der Waals surface area (Å²) in [5.41, 5.74) is 2.11. The maximum Gasteiger partial charge on any atom is 0.269 e. The molecule has 2 heterocycles. The summed E-state index contributed by atoms with van der Waals surface area (Å²) in [7, 11) is 3.79. The van der Waals surface area contributed by atoms with Crippen LogP contribution < -0.4 is 9.64 Å². The molecule has 5 rings (SSSR count). The van der Waals surface area contributed by atoms with E-state index in [9.17, 15) is 14.7 Å². The highest BCUT2D eigenvalue weighted by atomic mass is 35.5. The lowest BCUT2D eigenvalue weighted by atomic mass is 9.95. The number of amides is 2. The normalized spacial score (nSPS) is 17.7. The number of hydrogen-bond donors (Lipinski definition) is 1. The van der Waals surface area contributed by atoms with Crippen molar-refractivity contribution in [2.24, 2.45) is 5.92 Å². The number of carbonyl (C=O) groups excluding carboxylic acids is 2. The van der Waals surface area contributed by atoms with E-state index in [0.29, 0.717) is 48.2 Å². The molecule has 1 atom stereocenters. The Labute approximate surface area is 215 Å². The van der Waals surface area contributed by atoms with Crippen LogP contribution >= 0.6 is 11.6 Å². The SMILES string of the molecule is C=CC(=O)N1CC(CN2C(=O)C(CN(C)C)Oc3cc(-c4cc(O)cc5ccccc45)c(Cl)cc32)C1. The fourth-order valence-corrected chi connectivity index (χ4v) is 5.22. The number of phenols is 1. The van der Waals surface area contributed by atoms with Gasteiger partial charge in [0.2, 0.25) is 5.91 Å². The van der Waals surface area contributed by atoms with Gasteiger partial charge in [-0.1, -0.05) is 42.4 Å². The third kappa shape index (κ3) is 4.40. The van der Waals surface area contributed by atoms with Gasteiger partial charge < -0.3 is 24.5 Å². The van der Waals surface area contributed by atoms with Crippen molar-refractivity contribution in [3.05, 3.63) is 66.2 Å². The Morgan fingerprint density at radius 3 is 2.67 bits per heavy atom. The van der Waals surface area contributed by atoms with Crippen LogP contribution in [-0.2, 0) is 9.59 Å². The van der Waals surface area contributed by atoms with Crippen LogP contribution in [0.1, 0.15) is 0 Å². The third-order valence-electron chi connectivity index (χ3n) is 6.70. The molecule has 1 unspecified atom stereocenters. The number of fused-ring (bicyclic) bond motifs is 2. The number of likely N-dealkylation sites (N-methyl/N-ethyl adjacent to an activating group) is 1. The van der Waals surface area contributed by atoms with E-state index in [2.05, 4.69) is 6.58 Å². The van der Waals surface area contributed by atoms with Crippen molar-refractivity contribution < 1.29 is 19.4 Å². The Hall–Kier alpha value is -3.55. The number of ether oxygens (including phenoxy) is 1. The molecule has 0 aliphatic carbocycles. The minimum atomic E-state index is -0.673. The number of hydrogen-bond acceptors (Lipinski definition) is 5. The molecule has 1 saturated heterocycles. The van der Waals surface area contributed by atoms with Gasteiger partial charge in [-0.2, -0.15) is 0 Å². The average molecular weight is 506 g/mol. The second-order valence-electron chi connectivity index (χ2n) is 9.65. The highest BCUT2D eigenvalue weighted by molar-refractivity contribution is 6.34. The number of nitrogens with zero attached hydrogens (tertiary/aromatic N) is 3. The van der Waals surface area contributed by atoms with Crippen LogP contribution in [0.3, 0.4) is 0 Å². The lowest BCUT2D eigenvalue weighted by Gasteiger charge is -2.43. The molecule has 0 radical (unpaired) electrons. The molecular weight excluding hydrogens is 478 g/mol. The van der Waals surface area contributed by atoms with Crippen molar-refractivity contribution in [3.8, 4) is 22.6 Å². The van der Waals surface area contributed by atoms with Crippen molar-refractivity contribution in [2.75, 3.05) is 45.2 Å². The molecule has 2 aliphatic heterocycles. The van der Waals surface area contributed by atoms with Gasteiger partial charge in [-0.3, -0.25) is 9.59 Å². The van der Waals surface area contributed by atoms with Crippen LogP contribution in [0.2, 0.25) is 5.02 Å². The van der Waals surface area contributed by atoms with Gasteiger partial charge >= 0.3 is 0 Å². The van der Waals surface area contributed by atoms with Gasteiger partial charge in [0.05, 0.1) is 10.7 Å². The topological polar surface area (TPSA) is 73.3 Å². The Morgan fingerprint density at radius 2 is 1.94 bits per heavy atom. The van der Waals surface area contributed by atoms with Crippen molar-refractivity contribution in [1.29, 1.82) is 0 Å². The molecule has 2 amide bonds. The van der Waals surface area contributed by atoms with Crippen molar-refractivity contribution >= 4 is 39.9 Å². The van der Waals surface area contributed by atoms with E-state index in [4.69, 9.17) is 16.3 Å². The standard InChI is InChI=1S/C28H28ClN3O4/c1-4-27(34)31-13-17(14-31)15-32-24-12-23(29)22(11-25(24)36-26(28(32)35)16-30(2)3)21-10-19(33)9-18-7-5-6-8-20(18)21/h4-12,17,26,33H,1,13-16H2,2-3H3. The van der Waals surface area contributed by atoms with Gasteiger partial charge in [-0.05, 0) is 60.8 Å². The van der Waals surface area contributed by atoms with Crippen LogP contribution in [0, 0.1) is 5.92 Å². The quantitative estimate of drug-likeness (QED) is 0.509. The van der Waals surface area contributed by atoms with E-state index in [0.717, 1.165) is 16.3 Å². The lowest BCUT2D eigenvalue weighted by molar-refractivity contribution is -0.132. The van der Waals surface area contributed by atoms with E-state index in [-0.39, 0.29) is 23.5 Å². The molecule has 8 heteroatoms. The van der Waals surface area contributed by atoms with Gasteiger partial charge in [0.15, 0.2) is 6.10 Å². The van der Waals surface area contributed by atoms with Gasteiger partial charge in [0.1, 0.15) is 11.5 Å². The highest BCUT2D eigenvalue weighted by Gasteiger charge is 2.39. The lowest BCUT2D eigenvalue weighted by Crippen LogP contribution is -2.57. The van der Waals surface area contributed by atoms with Gasteiger partial charge in [-0.25, -0.2) is 0 Å². The first-order chi connectivity index (χ1) is 17.2. The summed E-state index contributed by atoms with van der Waals surface area (Å²) < 4.78 is 6.22. The fourth-order valence-electron chi connectivity index (χ4n) is 4.96. The average Bonchev–Trinajstić information content (AvgIpc) is 2.81. The number of benzene rings is 3. The number of phenolic OH excluding ortho intramolecular Hbond substituents is 1. The minimum absolute atomic E-state index is 0.100. The second kappa shape index (κ2) is 9.48. The summed E-state index contributed by atoms with van der Waals surface area (Å²) >= 11 is 6.80. The van der Waals surface area contributed by atoms with Crippen LogP contribution in [0.25, 0.3) is 21.9 Å². The summed E-state index contributed by atoms with van der Waals surface area (Å²) in [6, 6.07) is 14.8. The molecule has 36 heavy (non-hydrogen) atoms. The number of aromatic hydroxyl groups is 1. The summed E-state index contributed by atoms with van der Waals surface area (Å²) in [4.78, 5) is 30.7. The smallest absolute Gasteiger partial charge is 0.269 e. The number of rotatable bonds is 6. The Balaban J connectivity index is 1.54. The zero-order valence-electron chi connectivity index (χ0n) is 20.3. The molecule has 7 nitrogen and oxygen atoms in total. The van der Waals surface area contributed by atoms with Crippen LogP contribution in [0.15, 0.2) is 61.2 Å². The van der Waals surface area contributed by atoms with Gasteiger partial charge in [0.25, 0.3) is 5.91 Å². The summed E-state index contributed by atoms with van der Waals surface area (Å²) in [5.74, 6) is 0.626. The van der Waals surface area contributed by atoms with Crippen molar-refractivity contribution in [2.45, 2.75) is 6.10 Å². The molecule has 1 fully saturated rings. The monoisotopic (exact) mass is 505 g/mol. The number of carbonyl (C=O) groups is 2. The molecule has 0 bridgehead atoms. The van der Waals surface area contributed by atoms with Gasteiger partial charge in [0, 0.05) is 37.7 Å². The highest BCUT2D eigenvalue weighted by Crippen LogP contribution is 2.44. The molecule has 2 aliphatic rings. The largest absolute Gasteiger partial charge is 0.508 e. The molecule has 3 aromatic rings. The molecular formula is C28H28ClN3O4. The van der Waals surface area contributed by atoms with E-state index in [1.807, 2.05) is 49.3 Å². The maximum absolute atomic E-state index is 13.5. The number of halogens is 1. The summed E-state index contributed by atoms with van der Waals surface area (Å²) in [6.45, 7) is 5.58. The van der Waals surface area contributed by atoms with Crippen LogP contribution in [-0.4, -0.2) is 73.1 Å². The van der Waals surface area contributed by atoms with Crippen molar-refractivity contribution in [1.82, 2.24) is 9.80 Å². The maximum atomic E-state index is 13.5. The van der Waals surface area contributed by atoms with Crippen LogP contribution in [0.4, 0.5) is 5.69 Å². The van der Waals surface area contributed by atoms with Crippen molar-refractivity contribution in [3.63, 3.8) is 0 Å². The zero-order valence-corrected chi connectivity index (χ0v) is 21.0. The molecule has 3 aromatic carbocycles. The Bertz CT molecular complexity index is 1370. The number of likely N-dealkylation sites (tertiary alicyclic amines) is 1.